The standard InChI is InChI=1S/C18H18N4OS/c1-22(17-10-21-18(19)24-17)16-8-14(16)12-5-6-15(20-9-12)11-3-2-4-13(23)7-11/h2-7,9-10,14,16,23H,8H2,1H3,(H2,19,21). The molecule has 0 saturated heterocycles. The van der Waals surface area contributed by atoms with Crippen molar-refractivity contribution in [3.8, 4) is 17.0 Å². The highest BCUT2D eigenvalue weighted by atomic mass is 32.1. The van der Waals surface area contributed by atoms with Crippen LogP contribution in [0.1, 0.15) is 17.9 Å². The molecule has 2 unspecified atom stereocenters. The molecule has 2 aromatic heterocycles. The number of rotatable bonds is 4. The van der Waals surface area contributed by atoms with Crippen LogP contribution in [0.2, 0.25) is 0 Å². The van der Waals surface area contributed by atoms with Crippen molar-refractivity contribution in [3.63, 3.8) is 0 Å². The van der Waals surface area contributed by atoms with E-state index in [1.807, 2.05) is 30.6 Å². The zero-order chi connectivity index (χ0) is 16.7. The molecule has 0 radical (unpaired) electrons. The number of hydrogen-bond donors (Lipinski definition) is 2. The van der Waals surface area contributed by atoms with E-state index in [0.29, 0.717) is 17.1 Å². The van der Waals surface area contributed by atoms with Gasteiger partial charge in [-0.2, -0.15) is 0 Å². The SMILES string of the molecule is CN(c1cnc(N)s1)C1CC1c1ccc(-c2cccc(O)c2)nc1. The maximum atomic E-state index is 9.59. The number of nitrogens with two attached hydrogens (primary N) is 1. The predicted octanol–water partition coefficient (Wildman–Crippen LogP) is 3.49. The van der Waals surface area contributed by atoms with Gasteiger partial charge in [0.25, 0.3) is 0 Å². The monoisotopic (exact) mass is 338 g/mol. The highest BCUT2D eigenvalue weighted by Crippen LogP contribution is 2.46. The third-order valence-electron chi connectivity index (χ3n) is 4.47. The van der Waals surface area contributed by atoms with Crippen LogP contribution in [-0.2, 0) is 0 Å². The fourth-order valence-electron chi connectivity index (χ4n) is 3.03. The molecule has 2 atom stereocenters. The van der Waals surface area contributed by atoms with E-state index in [1.165, 1.54) is 16.9 Å². The summed E-state index contributed by atoms with van der Waals surface area (Å²) in [5.74, 6) is 0.745. The lowest BCUT2D eigenvalue weighted by molar-refractivity contribution is 0.475. The maximum absolute atomic E-state index is 9.59. The number of aromatic nitrogens is 2. The Balaban J connectivity index is 1.48. The van der Waals surface area contributed by atoms with Crippen LogP contribution in [0.4, 0.5) is 10.1 Å². The van der Waals surface area contributed by atoms with E-state index in [-0.39, 0.29) is 5.75 Å². The Labute approximate surface area is 144 Å². The molecular formula is C18H18N4OS. The zero-order valence-corrected chi connectivity index (χ0v) is 14.1. The van der Waals surface area contributed by atoms with Crippen molar-refractivity contribution in [2.75, 3.05) is 17.7 Å². The lowest BCUT2D eigenvalue weighted by atomic mass is 10.1. The largest absolute Gasteiger partial charge is 0.508 e. The summed E-state index contributed by atoms with van der Waals surface area (Å²) in [5, 5.41) is 11.3. The molecule has 1 aliphatic rings. The molecule has 3 aromatic rings. The van der Waals surface area contributed by atoms with Gasteiger partial charge in [-0.15, -0.1) is 0 Å². The Morgan fingerprint density at radius 1 is 1.21 bits per heavy atom. The van der Waals surface area contributed by atoms with Crippen molar-refractivity contribution in [1.29, 1.82) is 0 Å². The van der Waals surface area contributed by atoms with E-state index >= 15 is 0 Å². The highest BCUT2D eigenvalue weighted by Gasteiger charge is 2.42. The highest BCUT2D eigenvalue weighted by molar-refractivity contribution is 7.19. The van der Waals surface area contributed by atoms with E-state index in [1.54, 1.807) is 12.1 Å². The van der Waals surface area contributed by atoms with Gasteiger partial charge in [0.05, 0.1) is 11.9 Å². The van der Waals surface area contributed by atoms with Gasteiger partial charge in [0.15, 0.2) is 5.13 Å². The number of anilines is 2. The van der Waals surface area contributed by atoms with Crippen LogP contribution in [0.15, 0.2) is 48.8 Å². The summed E-state index contributed by atoms with van der Waals surface area (Å²) < 4.78 is 0. The van der Waals surface area contributed by atoms with Crippen LogP contribution >= 0.6 is 11.3 Å². The minimum absolute atomic E-state index is 0.256. The zero-order valence-electron chi connectivity index (χ0n) is 13.3. The summed E-state index contributed by atoms with van der Waals surface area (Å²) >= 11 is 1.52. The Hall–Kier alpha value is -2.60. The molecule has 1 fully saturated rings. The summed E-state index contributed by atoms with van der Waals surface area (Å²) in [7, 11) is 2.09. The summed E-state index contributed by atoms with van der Waals surface area (Å²) in [6.07, 6.45) is 4.89. The summed E-state index contributed by atoms with van der Waals surface area (Å²) in [4.78, 5) is 10.9. The smallest absolute Gasteiger partial charge is 0.181 e. The van der Waals surface area contributed by atoms with Gasteiger partial charge in [0, 0.05) is 30.8 Å². The lowest BCUT2D eigenvalue weighted by Gasteiger charge is -2.16. The van der Waals surface area contributed by atoms with Gasteiger partial charge < -0.3 is 15.7 Å². The first kappa shape index (κ1) is 15.0. The Bertz CT molecular complexity index is 861. The molecule has 0 amide bonds. The molecule has 6 heteroatoms. The summed E-state index contributed by atoms with van der Waals surface area (Å²) in [6.45, 7) is 0. The third-order valence-corrected chi connectivity index (χ3v) is 5.39. The number of pyridine rings is 1. The van der Waals surface area contributed by atoms with Crippen LogP contribution in [0.25, 0.3) is 11.3 Å². The number of benzene rings is 1. The quantitative estimate of drug-likeness (QED) is 0.762. The number of nitrogens with zero attached hydrogens (tertiary/aromatic N) is 3. The number of aromatic hydroxyl groups is 1. The third kappa shape index (κ3) is 2.80. The fourth-order valence-corrected chi connectivity index (χ4v) is 3.74. The second-order valence-electron chi connectivity index (χ2n) is 6.08. The van der Waals surface area contributed by atoms with Gasteiger partial charge in [-0.05, 0) is 30.2 Å². The van der Waals surface area contributed by atoms with E-state index in [0.717, 1.165) is 22.7 Å². The van der Waals surface area contributed by atoms with Gasteiger partial charge in [0.2, 0.25) is 0 Å². The predicted molar refractivity (Wildman–Crippen MR) is 97.4 cm³/mol. The first-order valence-electron chi connectivity index (χ1n) is 7.81. The van der Waals surface area contributed by atoms with Gasteiger partial charge in [-0.1, -0.05) is 29.5 Å². The van der Waals surface area contributed by atoms with Crippen molar-refractivity contribution in [2.24, 2.45) is 0 Å². The number of thiazole rings is 1. The van der Waals surface area contributed by atoms with Crippen molar-refractivity contribution >= 4 is 21.5 Å². The van der Waals surface area contributed by atoms with Crippen LogP contribution in [-0.4, -0.2) is 28.2 Å². The molecule has 0 bridgehead atoms. The Morgan fingerprint density at radius 3 is 2.75 bits per heavy atom. The van der Waals surface area contributed by atoms with Crippen molar-refractivity contribution < 1.29 is 5.11 Å². The van der Waals surface area contributed by atoms with Crippen LogP contribution in [0, 0.1) is 0 Å². The number of phenols is 1. The number of hydrogen-bond acceptors (Lipinski definition) is 6. The van der Waals surface area contributed by atoms with E-state index in [4.69, 9.17) is 5.73 Å². The normalized spacial score (nSPS) is 19.2. The van der Waals surface area contributed by atoms with Crippen LogP contribution < -0.4 is 10.6 Å². The minimum atomic E-state index is 0.256. The molecular weight excluding hydrogens is 320 g/mol. The number of nitrogen functional groups attached to an aromatic ring is 1. The van der Waals surface area contributed by atoms with E-state index < -0.39 is 0 Å². The fraction of sp³-hybridized carbons (Fsp3) is 0.222. The molecule has 5 nitrogen and oxygen atoms in total. The van der Waals surface area contributed by atoms with Crippen LogP contribution in [0.5, 0.6) is 5.75 Å². The Kier molecular flexibility index (Phi) is 3.61. The van der Waals surface area contributed by atoms with Crippen molar-refractivity contribution in [1.82, 2.24) is 9.97 Å². The second-order valence-corrected chi connectivity index (χ2v) is 7.12. The Morgan fingerprint density at radius 2 is 2.08 bits per heavy atom. The number of phenolic OH excluding ortho intramolecular Hbond substituents is 1. The van der Waals surface area contributed by atoms with Crippen molar-refractivity contribution in [2.45, 2.75) is 18.4 Å². The van der Waals surface area contributed by atoms with Gasteiger partial charge in [0.1, 0.15) is 10.8 Å². The molecule has 0 aliphatic heterocycles. The lowest BCUT2D eigenvalue weighted by Crippen LogP contribution is -2.19. The van der Waals surface area contributed by atoms with E-state index in [2.05, 4.69) is 28.0 Å². The van der Waals surface area contributed by atoms with Gasteiger partial charge in [-0.25, -0.2) is 4.98 Å². The van der Waals surface area contributed by atoms with Gasteiger partial charge in [-0.3, -0.25) is 4.98 Å². The second kappa shape index (κ2) is 5.79. The first-order chi connectivity index (χ1) is 11.6. The molecule has 1 aromatic carbocycles. The molecule has 1 aliphatic carbocycles. The van der Waals surface area contributed by atoms with Gasteiger partial charge >= 0.3 is 0 Å². The molecule has 1 saturated carbocycles. The first-order valence-corrected chi connectivity index (χ1v) is 8.63. The van der Waals surface area contributed by atoms with Crippen molar-refractivity contribution in [3.05, 3.63) is 54.4 Å². The molecule has 122 valence electrons. The summed E-state index contributed by atoms with van der Waals surface area (Å²) in [5.41, 5.74) is 8.76. The summed E-state index contributed by atoms with van der Waals surface area (Å²) in [6, 6.07) is 11.8. The molecule has 24 heavy (non-hydrogen) atoms. The topological polar surface area (TPSA) is 75.3 Å². The molecule has 3 N–H and O–H groups in total. The average Bonchev–Trinajstić information content (AvgIpc) is 3.28. The number of likely N-dealkylation sites (N-methyl/N-ethyl adjacent to an activating group) is 1. The molecule has 0 spiro atoms. The maximum Gasteiger partial charge on any atom is 0.181 e. The molecule has 2 heterocycles. The average molecular weight is 338 g/mol. The van der Waals surface area contributed by atoms with E-state index in [9.17, 15) is 5.11 Å². The van der Waals surface area contributed by atoms with Crippen LogP contribution in [0.3, 0.4) is 0 Å². The molecule has 4 rings (SSSR count). The minimum Gasteiger partial charge on any atom is -0.508 e.